The number of esters is 2. The standard InChI is InChI=1S/C27H31Cl2NO6/c1-6-20(26(33)36-27(2,3)4)30-23(16-10-12-18(28)13-11-16)24(17-8-7-9-19(29)14-17)35-21(25(30)32)15-22(31)34-5/h7-14,20-21,23-24H,6,15H2,1-5H3/t20?,21-,23+,24+/m0/s1. The van der Waals surface area contributed by atoms with Crippen LogP contribution in [0.5, 0.6) is 0 Å². The fourth-order valence-corrected chi connectivity index (χ4v) is 4.59. The highest BCUT2D eigenvalue weighted by Crippen LogP contribution is 2.45. The minimum absolute atomic E-state index is 0.290. The molecule has 36 heavy (non-hydrogen) atoms. The molecule has 0 radical (unpaired) electrons. The van der Waals surface area contributed by atoms with Crippen LogP contribution in [0.4, 0.5) is 0 Å². The van der Waals surface area contributed by atoms with Crippen LogP contribution in [0.2, 0.25) is 10.0 Å². The fourth-order valence-electron chi connectivity index (χ4n) is 4.26. The summed E-state index contributed by atoms with van der Waals surface area (Å²) in [4.78, 5) is 40.9. The summed E-state index contributed by atoms with van der Waals surface area (Å²) in [6.45, 7) is 7.11. The highest BCUT2D eigenvalue weighted by atomic mass is 35.5. The van der Waals surface area contributed by atoms with E-state index in [2.05, 4.69) is 0 Å². The van der Waals surface area contributed by atoms with Gasteiger partial charge in [0.1, 0.15) is 23.9 Å². The molecule has 7 nitrogen and oxygen atoms in total. The smallest absolute Gasteiger partial charge is 0.329 e. The summed E-state index contributed by atoms with van der Waals surface area (Å²) >= 11 is 12.4. The second-order valence-corrected chi connectivity index (χ2v) is 10.5. The molecule has 2 aromatic carbocycles. The van der Waals surface area contributed by atoms with Crippen molar-refractivity contribution in [1.82, 2.24) is 4.90 Å². The molecule has 0 saturated carbocycles. The molecule has 3 rings (SSSR count). The monoisotopic (exact) mass is 535 g/mol. The van der Waals surface area contributed by atoms with Crippen molar-refractivity contribution in [3.05, 3.63) is 69.7 Å². The number of nitrogens with zero attached hydrogens (tertiary/aromatic N) is 1. The normalized spacial score (nSPS) is 21.1. The van der Waals surface area contributed by atoms with Crippen molar-refractivity contribution in [3.8, 4) is 0 Å². The summed E-state index contributed by atoms with van der Waals surface area (Å²) < 4.78 is 16.8. The number of carbonyl (C=O) groups is 3. The number of morpholine rings is 1. The first kappa shape index (κ1) is 28.0. The maximum atomic E-state index is 13.9. The van der Waals surface area contributed by atoms with Gasteiger partial charge in [-0.25, -0.2) is 4.79 Å². The third-order valence-corrected chi connectivity index (χ3v) is 6.28. The summed E-state index contributed by atoms with van der Waals surface area (Å²) in [5.41, 5.74) is 0.637. The third-order valence-electron chi connectivity index (χ3n) is 5.80. The molecule has 194 valence electrons. The Bertz CT molecular complexity index is 1100. The van der Waals surface area contributed by atoms with Crippen LogP contribution in [0.25, 0.3) is 0 Å². The molecule has 1 aliphatic rings. The molecule has 1 aliphatic heterocycles. The van der Waals surface area contributed by atoms with Gasteiger partial charge in [0.25, 0.3) is 5.91 Å². The van der Waals surface area contributed by atoms with Crippen LogP contribution in [0, 0.1) is 0 Å². The predicted octanol–water partition coefficient (Wildman–Crippen LogP) is 5.69. The van der Waals surface area contributed by atoms with Gasteiger partial charge >= 0.3 is 11.9 Å². The highest BCUT2D eigenvalue weighted by Gasteiger charge is 2.49. The predicted molar refractivity (Wildman–Crippen MR) is 137 cm³/mol. The van der Waals surface area contributed by atoms with Gasteiger partial charge in [-0.1, -0.05) is 54.4 Å². The van der Waals surface area contributed by atoms with E-state index >= 15 is 0 Å². The van der Waals surface area contributed by atoms with Gasteiger partial charge in [0, 0.05) is 10.0 Å². The van der Waals surface area contributed by atoms with Crippen LogP contribution in [0.1, 0.15) is 63.8 Å². The van der Waals surface area contributed by atoms with Gasteiger partial charge in [-0.2, -0.15) is 0 Å². The maximum Gasteiger partial charge on any atom is 0.329 e. The zero-order chi connectivity index (χ0) is 26.6. The van der Waals surface area contributed by atoms with E-state index in [1.54, 1.807) is 70.2 Å². The Balaban J connectivity index is 2.19. The van der Waals surface area contributed by atoms with Crippen molar-refractivity contribution in [3.63, 3.8) is 0 Å². The van der Waals surface area contributed by atoms with E-state index in [-0.39, 0.29) is 12.8 Å². The first-order chi connectivity index (χ1) is 16.9. The van der Waals surface area contributed by atoms with Crippen LogP contribution in [-0.2, 0) is 28.6 Å². The van der Waals surface area contributed by atoms with Crippen LogP contribution in [0.15, 0.2) is 48.5 Å². The number of carbonyl (C=O) groups excluding carboxylic acids is 3. The number of methoxy groups -OCH3 is 1. The zero-order valence-electron chi connectivity index (χ0n) is 21.0. The van der Waals surface area contributed by atoms with E-state index in [4.69, 9.17) is 37.4 Å². The minimum Gasteiger partial charge on any atom is -0.469 e. The largest absolute Gasteiger partial charge is 0.469 e. The summed E-state index contributed by atoms with van der Waals surface area (Å²) in [6.07, 6.45) is -1.92. The zero-order valence-corrected chi connectivity index (χ0v) is 22.5. The molecular formula is C27H31Cl2NO6. The van der Waals surface area contributed by atoms with Gasteiger partial charge in [-0.05, 0) is 62.6 Å². The highest BCUT2D eigenvalue weighted by molar-refractivity contribution is 6.30. The van der Waals surface area contributed by atoms with Gasteiger partial charge in [0.2, 0.25) is 0 Å². The lowest BCUT2D eigenvalue weighted by Crippen LogP contribution is -2.57. The molecule has 2 aromatic rings. The molecule has 9 heteroatoms. The molecule has 0 aliphatic carbocycles. The summed E-state index contributed by atoms with van der Waals surface area (Å²) in [5, 5.41) is 1.01. The molecule has 0 bridgehead atoms. The lowest BCUT2D eigenvalue weighted by molar-refractivity contribution is -0.191. The van der Waals surface area contributed by atoms with E-state index in [9.17, 15) is 14.4 Å². The van der Waals surface area contributed by atoms with Crippen molar-refractivity contribution < 1.29 is 28.6 Å². The average molecular weight is 536 g/mol. The lowest BCUT2D eigenvalue weighted by Gasteiger charge is -2.47. The van der Waals surface area contributed by atoms with Gasteiger partial charge in [-0.3, -0.25) is 9.59 Å². The summed E-state index contributed by atoms with van der Waals surface area (Å²) in [5.74, 6) is -1.65. The second kappa shape index (κ2) is 11.6. The number of halogens is 2. The maximum absolute atomic E-state index is 13.9. The van der Waals surface area contributed by atoms with Crippen molar-refractivity contribution in [2.75, 3.05) is 7.11 Å². The first-order valence-corrected chi connectivity index (χ1v) is 12.5. The van der Waals surface area contributed by atoms with Gasteiger partial charge in [0.05, 0.1) is 19.6 Å². The van der Waals surface area contributed by atoms with Crippen molar-refractivity contribution in [2.45, 2.75) is 70.4 Å². The Kier molecular flexibility index (Phi) is 9.03. The number of rotatable bonds is 7. The Morgan fingerprint density at radius 1 is 1.06 bits per heavy atom. The molecule has 1 unspecified atom stereocenters. The average Bonchev–Trinajstić information content (AvgIpc) is 2.81. The first-order valence-electron chi connectivity index (χ1n) is 11.7. The number of benzene rings is 2. The molecular weight excluding hydrogens is 505 g/mol. The minimum atomic E-state index is -1.17. The number of hydrogen-bond donors (Lipinski definition) is 0. The van der Waals surface area contributed by atoms with Crippen LogP contribution in [0.3, 0.4) is 0 Å². The van der Waals surface area contributed by atoms with Gasteiger partial charge < -0.3 is 19.1 Å². The molecule has 1 heterocycles. The molecule has 1 saturated heterocycles. The summed E-state index contributed by atoms with van der Waals surface area (Å²) in [6, 6.07) is 12.4. The molecule has 0 spiro atoms. The van der Waals surface area contributed by atoms with E-state index in [1.807, 2.05) is 6.07 Å². The van der Waals surface area contributed by atoms with E-state index in [1.165, 1.54) is 12.0 Å². The number of ether oxygens (including phenoxy) is 3. The van der Waals surface area contributed by atoms with Gasteiger partial charge in [0.15, 0.2) is 0 Å². The van der Waals surface area contributed by atoms with Gasteiger partial charge in [-0.15, -0.1) is 0 Å². The van der Waals surface area contributed by atoms with Crippen molar-refractivity contribution in [1.29, 1.82) is 0 Å². The van der Waals surface area contributed by atoms with Crippen molar-refractivity contribution in [2.24, 2.45) is 0 Å². The fraction of sp³-hybridized carbons (Fsp3) is 0.444. The molecule has 1 amide bonds. The molecule has 0 aromatic heterocycles. The Morgan fingerprint density at radius 3 is 2.28 bits per heavy atom. The molecule has 1 fully saturated rings. The third kappa shape index (κ3) is 6.58. The van der Waals surface area contributed by atoms with Crippen LogP contribution < -0.4 is 0 Å². The number of amides is 1. The second-order valence-electron chi connectivity index (χ2n) is 9.58. The van der Waals surface area contributed by atoms with Crippen molar-refractivity contribution >= 4 is 41.0 Å². The van der Waals surface area contributed by atoms with E-state index in [0.717, 1.165) is 0 Å². The Labute approximate surface area is 221 Å². The van der Waals surface area contributed by atoms with Crippen LogP contribution in [-0.4, -0.2) is 47.6 Å². The Morgan fingerprint density at radius 2 is 1.72 bits per heavy atom. The van der Waals surface area contributed by atoms with Crippen LogP contribution >= 0.6 is 23.2 Å². The number of hydrogen-bond acceptors (Lipinski definition) is 6. The molecule has 4 atom stereocenters. The SMILES string of the molecule is CCC(C(=O)OC(C)(C)C)N1C(=O)[C@H](CC(=O)OC)O[C@H](c2cccc(Cl)c2)[C@H]1c1ccc(Cl)cc1. The van der Waals surface area contributed by atoms with E-state index in [0.29, 0.717) is 21.2 Å². The van der Waals surface area contributed by atoms with E-state index < -0.39 is 47.7 Å². The topological polar surface area (TPSA) is 82.1 Å². The molecule has 0 N–H and O–H groups in total. The Hall–Kier alpha value is -2.61. The quantitative estimate of drug-likeness (QED) is 0.423. The summed E-state index contributed by atoms with van der Waals surface area (Å²) in [7, 11) is 1.24. The lowest BCUT2D eigenvalue weighted by atomic mass is 9.89.